The lowest BCUT2D eigenvalue weighted by atomic mass is 10.2. The molecule has 0 aromatic heterocycles. The maximum atomic E-state index is 13.5. The van der Waals surface area contributed by atoms with Gasteiger partial charge in [0.2, 0.25) is 5.82 Å². The van der Waals surface area contributed by atoms with Crippen molar-refractivity contribution in [3.63, 3.8) is 0 Å². The molecule has 2 rings (SSSR count). The highest BCUT2D eigenvalue weighted by molar-refractivity contribution is 9.10. The average molecular weight is 393 g/mol. The molecule has 100 valence electrons. The first-order valence-electron chi connectivity index (χ1n) is 5.29. The predicted octanol–water partition coefficient (Wildman–Crippen LogP) is 4.65. The highest BCUT2D eigenvalue weighted by Gasteiger charge is 2.13. The van der Waals surface area contributed by atoms with Crippen LogP contribution in [-0.2, 0) is 6.61 Å². The van der Waals surface area contributed by atoms with Crippen molar-refractivity contribution in [3.05, 3.63) is 56.5 Å². The molecule has 0 atom stereocenters. The fraction of sp³-hybridized carbons (Fsp3) is 0.0769. The van der Waals surface area contributed by atoms with E-state index in [1.165, 1.54) is 6.07 Å². The summed E-state index contributed by atoms with van der Waals surface area (Å²) in [4.78, 5) is 0. The molecule has 2 N–H and O–H groups in total. The lowest BCUT2D eigenvalue weighted by Gasteiger charge is -2.11. The van der Waals surface area contributed by atoms with E-state index in [9.17, 15) is 8.78 Å². The van der Waals surface area contributed by atoms with Crippen molar-refractivity contribution in [1.82, 2.24) is 0 Å². The van der Waals surface area contributed by atoms with Gasteiger partial charge in [-0.05, 0) is 24.3 Å². The molecule has 19 heavy (non-hydrogen) atoms. The third-order valence-corrected chi connectivity index (χ3v) is 3.69. The summed E-state index contributed by atoms with van der Waals surface area (Å²) >= 11 is 6.41. The summed E-state index contributed by atoms with van der Waals surface area (Å²) in [5, 5.41) is 0. The molecule has 0 unspecified atom stereocenters. The summed E-state index contributed by atoms with van der Waals surface area (Å²) in [7, 11) is 0. The second-order valence-electron chi connectivity index (χ2n) is 3.80. The van der Waals surface area contributed by atoms with E-state index in [0.717, 1.165) is 10.5 Å². The van der Waals surface area contributed by atoms with Gasteiger partial charge in [0.15, 0.2) is 11.6 Å². The van der Waals surface area contributed by atoms with E-state index in [0.29, 0.717) is 15.7 Å². The first kappa shape index (κ1) is 14.3. The third kappa shape index (κ3) is 3.25. The topological polar surface area (TPSA) is 35.2 Å². The number of anilines is 1. The van der Waals surface area contributed by atoms with Crippen LogP contribution in [0.5, 0.6) is 5.75 Å². The number of hydrogen-bond donors (Lipinski definition) is 1. The molecule has 2 aromatic rings. The molecule has 6 heteroatoms. The van der Waals surface area contributed by atoms with Gasteiger partial charge in [-0.15, -0.1) is 0 Å². The molecule has 2 nitrogen and oxygen atoms in total. The van der Waals surface area contributed by atoms with Crippen LogP contribution >= 0.6 is 31.9 Å². The van der Waals surface area contributed by atoms with Crippen LogP contribution in [0.3, 0.4) is 0 Å². The van der Waals surface area contributed by atoms with Crippen LogP contribution in [0.25, 0.3) is 0 Å². The lowest BCUT2D eigenvalue weighted by Crippen LogP contribution is -2.03. The molecule has 0 aliphatic rings. The summed E-state index contributed by atoms with van der Waals surface area (Å²) in [6.07, 6.45) is 0. The highest BCUT2D eigenvalue weighted by atomic mass is 79.9. The molecule has 0 spiro atoms. The molecule has 0 fully saturated rings. The van der Waals surface area contributed by atoms with Crippen LogP contribution < -0.4 is 10.5 Å². The van der Waals surface area contributed by atoms with E-state index in [2.05, 4.69) is 31.9 Å². The Kier molecular flexibility index (Phi) is 4.42. The van der Waals surface area contributed by atoms with Crippen molar-refractivity contribution in [3.8, 4) is 5.75 Å². The minimum Gasteiger partial charge on any atom is -0.486 e. The minimum atomic E-state index is -1.02. The second kappa shape index (κ2) is 5.88. The van der Waals surface area contributed by atoms with Gasteiger partial charge in [0.25, 0.3) is 0 Å². The highest BCUT2D eigenvalue weighted by Crippen LogP contribution is 2.28. The monoisotopic (exact) mass is 391 g/mol. The Morgan fingerprint density at radius 1 is 1.16 bits per heavy atom. The van der Waals surface area contributed by atoms with Gasteiger partial charge in [-0.3, -0.25) is 0 Å². The SMILES string of the molecule is Nc1cccc(Br)c1COc1cc(Br)cc(F)c1F. The Bertz CT molecular complexity index is 600. The van der Waals surface area contributed by atoms with Crippen LogP contribution in [-0.4, -0.2) is 0 Å². The van der Waals surface area contributed by atoms with Gasteiger partial charge in [-0.2, -0.15) is 4.39 Å². The van der Waals surface area contributed by atoms with Gasteiger partial charge >= 0.3 is 0 Å². The Morgan fingerprint density at radius 3 is 2.58 bits per heavy atom. The second-order valence-corrected chi connectivity index (χ2v) is 5.57. The third-order valence-electron chi connectivity index (χ3n) is 2.49. The number of nitrogens with two attached hydrogens (primary N) is 1. The van der Waals surface area contributed by atoms with E-state index in [1.807, 2.05) is 0 Å². The average Bonchev–Trinajstić information content (AvgIpc) is 2.34. The number of nitrogen functional groups attached to an aromatic ring is 1. The van der Waals surface area contributed by atoms with E-state index in [4.69, 9.17) is 10.5 Å². The number of benzene rings is 2. The first-order valence-corrected chi connectivity index (χ1v) is 6.88. The minimum absolute atomic E-state index is 0.0417. The maximum absolute atomic E-state index is 13.5. The van der Waals surface area contributed by atoms with Gasteiger partial charge < -0.3 is 10.5 Å². The predicted molar refractivity (Wildman–Crippen MR) is 76.9 cm³/mol. The van der Waals surface area contributed by atoms with Crippen molar-refractivity contribution in [2.75, 3.05) is 5.73 Å². The number of hydrogen-bond acceptors (Lipinski definition) is 2. The standard InChI is InChI=1S/C13H9Br2F2NO/c14-7-4-10(16)13(17)12(5-7)19-6-8-9(15)2-1-3-11(8)18/h1-5H,6,18H2. The molecular formula is C13H9Br2F2NO. The van der Waals surface area contributed by atoms with Crippen LogP contribution in [0.2, 0.25) is 0 Å². The largest absolute Gasteiger partial charge is 0.486 e. The zero-order chi connectivity index (χ0) is 14.0. The number of rotatable bonds is 3. The normalized spacial score (nSPS) is 10.5. The quantitative estimate of drug-likeness (QED) is 0.609. The molecule has 0 radical (unpaired) electrons. The molecular weight excluding hydrogens is 384 g/mol. The Hall–Kier alpha value is -1.14. The first-order chi connectivity index (χ1) is 8.99. The smallest absolute Gasteiger partial charge is 0.200 e. The number of ether oxygens (including phenoxy) is 1. The fourth-order valence-electron chi connectivity index (χ4n) is 1.51. The molecule has 0 amide bonds. The van der Waals surface area contributed by atoms with Gasteiger partial charge in [-0.25, -0.2) is 4.39 Å². The molecule has 0 aliphatic heterocycles. The fourth-order valence-corrected chi connectivity index (χ4v) is 2.42. The van der Waals surface area contributed by atoms with Gasteiger partial charge in [-0.1, -0.05) is 37.9 Å². The molecule has 0 heterocycles. The maximum Gasteiger partial charge on any atom is 0.200 e. The summed E-state index contributed by atoms with van der Waals surface area (Å²) in [5.41, 5.74) is 7.00. The van der Waals surface area contributed by atoms with Gasteiger partial charge in [0.05, 0.1) is 0 Å². The number of halogens is 4. The Morgan fingerprint density at radius 2 is 1.89 bits per heavy atom. The molecule has 0 bridgehead atoms. The molecule has 0 aliphatic carbocycles. The van der Waals surface area contributed by atoms with Crippen molar-refractivity contribution >= 4 is 37.5 Å². The van der Waals surface area contributed by atoms with Crippen LogP contribution in [0.4, 0.5) is 14.5 Å². The Labute approximate surface area is 125 Å². The van der Waals surface area contributed by atoms with Crippen molar-refractivity contribution in [2.24, 2.45) is 0 Å². The molecule has 2 aromatic carbocycles. The van der Waals surface area contributed by atoms with Crippen molar-refractivity contribution < 1.29 is 13.5 Å². The summed E-state index contributed by atoms with van der Waals surface area (Å²) in [5.74, 6) is -2.15. The van der Waals surface area contributed by atoms with Crippen molar-refractivity contribution in [1.29, 1.82) is 0 Å². The van der Waals surface area contributed by atoms with Gasteiger partial charge in [0, 0.05) is 20.2 Å². The van der Waals surface area contributed by atoms with Crippen molar-refractivity contribution in [2.45, 2.75) is 6.61 Å². The van der Waals surface area contributed by atoms with E-state index in [-0.39, 0.29) is 12.4 Å². The summed E-state index contributed by atoms with van der Waals surface area (Å²) in [6.45, 7) is 0.0417. The zero-order valence-corrected chi connectivity index (χ0v) is 12.8. The van der Waals surface area contributed by atoms with E-state index in [1.54, 1.807) is 18.2 Å². The Balaban J connectivity index is 2.24. The van der Waals surface area contributed by atoms with Crippen LogP contribution in [0, 0.1) is 11.6 Å². The zero-order valence-electron chi connectivity index (χ0n) is 9.59. The van der Waals surface area contributed by atoms with Gasteiger partial charge in [0.1, 0.15) is 6.61 Å². The molecule has 0 saturated heterocycles. The molecule has 0 saturated carbocycles. The summed E-state index contributed by atoms with van der Waals surface area (Å²) < 4.78 is 33.2. The van der Waals surface area contributed by atoms with Crippen LogP contribution in [0.1, 0.15) is 5.56 Å². The van der Waals surface area contributed by atoms with E-state index < -0.39 is 11.6 Å². The summed E-state index contributed by atoms with van der Waals surface area (Å²) in [6, 6.07) is 7.69. The lowest BCUT2D eigenvalue weighted by molar-refractivity contribution is 0.284. The van der Waals surface area contributed by atoms with Crippen LogP contribution in [0.15, 0.2) is 39.3 Å². The van der Waals surface area contributed by atoms with E-state index >= 15 is 0 Å².